The maximum absolute atomic E-state index is 12.6. The van der Waals surface area contributed by atoms with Crippen LogP contribution in [0.4, 0.5) is 16.2 Å². The summed E-state index contributed by atoms with van der Waals surface area (Å²) >= 11 is 0. The molecule has 6 rings (SSSR count). The first-order valence-electron chi connectivity index (χ1n) is 22.8. The van der Waals surface area contributed by atoms with Gasteiger partial charge in [-0.25, -0.2) is 21.6 Å². The van der Waals surface area contributed by atoms with Crippen LogP contribution in [-0.4, -0.2) is 81.5 Å². The van der Waals surface area contributed by atoms with Gasteiger partial charge in [-0.15, -0.1) is 0 Å². The number of unbranched alkanes of at least 4 members (excludes halogenated alkanes) is 5. The van der Waals surface area contributed by atoms with Crippen molar-refractivity contribution in [2.45, 2.75) is 125 Å². The predicted octanol–water partition coefficient (Wildman–Crippen LogP) is 5.25. The zero-order valence-electron chi connectivity index (χ0n) is 38.9. The summed E-state index contributed by atoms with van der Waals surface area (Å²) in [6.45, 7) is 10.3. The summed E-state index contributed by atoms with van der Waals surface area (Å²) in [6, 6.07) is 8.96. The Morgan fingerprint density at radius 1 is 0.785 bits per heavy atom. The molecule has 1 unspecified atom stereocenters. The van der Waals surface area contributed by atoms with E-state index >= 15 is 0 Å². The number of rotatable bonds is 20. The monoisotopic (exact) mass is 956 g/mol. The Morgan fingerprint density at radius 3 is 2.03 bits per heavy atom. The average Bonchev–Trinajstić information content (AvgIpc) is 3.76. The molecule has 0 bridgehead atoms. The first-order chi connectivity index (χ1) is 30.3. The van der Waals surface area contributed by atoms with Crippen LogP contribution in [0.5, 0.6) is 0 Å². The van der Waals surface area contributed by atoms with Crippen molar-refractivity contribution < 1.29 is 96.2 Å². The first-order valence-corrected chi connectivity index (χ1v) is 25.6. The van der Waals surface area contributed by atoms with E-state index in [4.69, 9.17) is 4.74 Å². The summed E-state index contributed by atoms with van der Waals surface area (Å²) in [7, 11) is -7.37. The normalized spacial score (nSPS) is 21.9. The molecule has 348 valence electrons. The van der Waals surface area contributed by atoms with E-state index in [-0.39, 0.29) is 73.2 Å². The van der Waals surface area contributed by atoms with Crippen LogP contribution in [0.1, 0.15) is 116 Å². The van der Waals surface area contributed by atoms with Crippen LogP contribution < -0.4 is 66.9 Å². The van der Waals surface area contributed by atoms with Crippen molar-refractivity contribution in [1.29, 1.82) is 0 Å². The third-order valence-electron chi connectivity index (χ3n) is 13.6. The molecule has 4 aliphatic rings. The summed E-state index contributed by atoms with van der Waals surface area (Å²) in [5, 5.41) is 5.90. The molecule has 2 N–H and O–H groups in total. The second-order valence-electron chi connectivity index (χ2n) is 18.6. The van der Waals surface area contributed by atoms with E-state index in [0.717, 1.165) is 91.7 Å². The number of ether oxygens (including phenoxy) is 1. The average molecular weight is 957 g/mol. The zero-order valence-corrected chi connectivity index (χ0v) is 43.7. The number of amides is 2. The molecule has 0 aromatic heterocycles. The first kappa shape index (κ1) is 53.0. The number of nitrogens with one attached hydrogen (secondary N) is 2. The number of carbonyl (C=O) groups is 2. The molecule has 2 aromatic rings. The number of alkyl carbamates (subject to hydrolysis) is 1. The number of hydrogen-bond donors (Lipinski definition) is 2. The molecule has 3 atom stereocenters. The van der Waals surface area contributed by atoms with Crippen molar-refractivity contribution in [1.82, 2.24) is 10.6 Å². The molecular weight excluding hydrogens is 892 g/mol. The molecule has 0 saturated heterocycles. The Morgan fingerprint density at radius 2 is 1.38 bits per heavy atom. The predicted molar refractivity (Wildman–Crippen MR) is 247 cm³/mol. The topological polar surface area (TPSA) is 188 Å². The van der Waals surface area contributed by atoms with E-state index < -0.39 is 31.1 Å². The second-order valence-corrected chi connectivity index (χ2v) is 21.4. The van der Waals surface area contributed by atoms with Crippen LogP contribution >= 0.6 is 0 Å². The number of anilines is 1. The van der Waals surface area contributed by atoms with Crippen LogP contribution in [0, 0.1) is 17.8 Å². The van der Waals surface area contributed by atoms with Gasteiger partial charge >= 0.3 is 57.5 Å². The van der Waals surface area contributed by atoms with E-state index in [0.29, 0.717) is 50.4 Å². The number of fused-ring (bicyclic) bond motifs is 3. The smallest absolute Gasteiger partial charge is 0.744 e. The molecule has 2 aliphatic carbocycles. The Balaban J connectivity index is 0.00000793. The van der Waals surface area contributed by atoms with Gasteiger partial charge in [0.05, 0.1) is 21.8 Å². The molecule has 1 fully saturated rings. The number of benzene rings is 2. The van der Waals surface area contributed by atoms with Crippen LogP contribution in [0.25, 0.3) is 0 Å². The number of hydrogen-bond acceptors (Lipinski definition) is 10. The third kappa shape index (κ3) is 13.4. The molecule has 2 aliphatic heterocycles. The van der Waals surface area contributed by atoms with Gasteiger partial charge in [0.25, 0.3) is 0 Å². The van der Waals surface area contributed by atoms with Gasteiger partial charge < -0.3 is 29.4 Å². The van der Waals surface area contributed by atoms with E-state index in [1.165, 1.54) is 37.1 Å². The molecule has 0 radical (unpaired) electrons. The summed E-state index contributed by atoms with van der Waals surface area (Å²) in [5.74, 6) is 1.96. The van der Waals surface area contributed by atoms with Crippen molar-refractivity contribution in [3.8, 4) is 0 Å². The van der Waals surface area contributed by atoms with Crippen molar-refractivity contribution in [3.63, 3.8) is 0 Å². The minimum atomic E-state index is -4.66. The zero-order chi connectivity index (χ0) is 46.3. The maximum Gasteiger partial charge on any atom is 1.00 e. The number of nitrogens with zero attached hydrogens (tertiary/aromatic N) is 2. The van der Waals surface area contributed by atoms with Gasteiger partial charge in [-0.05, 0) is 125 Å². The Kier molecular flexibility index (Phi) is 18.7. The molecule has 13 nitrogen and oxygen atoms in total. The number of allylic oxidation sites excluding steroid dienone is 8. The summed E-state index contributed by atoms with van der Waals surface area (Å²) in [4.78, 5) is 26.4. The molecule has 0 spiro atoms. The van der Waals surface area contributed by atoms with Crippen LogP contribution in [0.3, 0.4) is 0 Å². The minimum Gasteiger partial charge on any atom is -0.744 e. The van der Waals surface area contributed by atoms with Crippen molar-refractivity contribution in [3.05, 3.63) is 95.8 Å². The fourth-order valence-electron chi connectivity index (χ4n) is 9.89. The third-order valence-corrected chi connectivity index (χ3v) is 15.2. The number of carbonyl (C=O) groups excluding carboxylic acids is 2. The van der Waals surface area contributed by atoms with Crippen LogP contribution in [0.2, 0.25) is 0 Å². The van der Waals surface area contributed by atoms with E-state index in [2.05, 4.69) is 27.7 Å². The van der Waals surface area contributed by atoms with Crippen LogP contribution in [-0.2, 0) is 40.6 Å². The van der Waals surface area contributed by atoms with Crippen molar-refractivity contribution in [2.24, 2.45) is 17.8 Å². The van der Waals surface area contributed by atoms with Gasteiger partial charge in [0.2, 0.25) is 11.6 Å². The van der Waals surface area contributed by atoms with Crippen molar-refractivity contribution >= 4 is 49.3 Å². The van der Waals surface area contributed by atoms with Crippen molar-refractivity contribution in [2.75, 3.05) is 38.2 Å². The largest absolute Gasteiger partial charge is 1.00 e. The molecule has 2 amide bonds. The minimum absolute atomic E-state index is 0. The van der Waals surface area contributed by atoms with Crippen LogP contribution in [0.15, 0.2) is 94.4 Å². The second kappa shape index (κ2) is 22.9. The fourth-order valence-corrected chi connectivity index (χ4v) is 10.9. The molecule has 65 heavy (non-hydrogen) atoms. The molecule has 16 heteroatoms. The summed E-state index contributed by atoms with van der Waals surface area (Å²) in [5.41, 5.74) is 3.80. The van der Waals surface area contributed by atoms with Gasteiger partial charge in [0.15, 0.2) is 5.71 Å². The van der Waals surface area contributed by atoms with Gasteiger partial charge in [0, 0.05) is 60.6 Å². The van der Waals surface area contributed by atoms with Gasteiger partial charge in [0.1, 0.15) is 27.3 Å². The van der Waals surface area contributed by atoms with Gasteiger partial charge in [-0.1, -0.05) is 63.5 Å². The van der Waals surface area contributed by atoms with E-state index in [9.17, 15) is 35.5 Å². The Hall–Kier alpha value is -2.93. The van der Waals surface area contributed by atoms with Gasteiger partial charge in [-0.3, -0.25) is 4.79 Å². The SMILES string of the molecule is C[N+]1=C(/C=C/C=C/C=C2\N(CCCCCC(=O)NCCCCCCNC(=O)OCC3[C@H]4CC/C=C\CC[C@@H]34)c3ccc(S(=O)(=O)[O-])cc3C2(C)C)C(C)(C)c2cc(S(=O)(=O)[O-])ccc21.[K+]. The quantitative estimate of drug-likeness (QED) is 0.0443. The molecule has 1 saturated carbocycles. The maximum atomic E-state index is 12.6. The Bertz CT molecular complexity index is 2420. The molecule has 2 heterocycles. The fraction of sp³-hybridized carbons (Fsp3) is 0.531. The van der Waals surface area contributed by atoms with E-state index in [1.54, 1.807) is 12.1 Å². The summed E-state index contributed by atoms with van der Waals surface area (Å²) < 4.78 is 78.7. The molecular formula is C49H65KN4O9S2. The van der Waals surface area contributed by atoms with E-state index in [1.807, 2.05) is 69.7 Å². The summed E-state index contributed by atoms with van der Waals surface area (Å²) in [6.07, 6.45) is 24.9. The Labute approximate surface area is 429 Å². The molecule has 2 aromatic carbocycles. The van der Waals surface area contributed by atoms with Gasteiger partial charge in [-0.2, -0.15) is 4.58 Å². The standard InChI is InChI=1S/C49H66N4O9S2.K/c1-48(2)40-32-35(63(56,57)58)25-27-42(40)52(5)44(48)22-14-10-15-23-45-49(3,4)41-33-36(64(59,60)61)26-28-43(41)53(45)31-19-11-16-24-46(54)50-29-17-8-9-18-30-51-47(55)62-34-39-37-20-12-6-7-13-21-38(37)39;/h6-7,10,14-15,22-23,25-28,32-33,37-39H,8-9,11-13,16-21,24,29-31,34H2,1-5H3,(H3-,50,51,54,55,56,57,58,59,60,61);/q;+1/p-1/b7-6-;/t37-,38+,39?;.